The van der Waals surface area contributed by atoms with Crippen molar-refractivity contribution in [3.63, 3.8) is 0 Å². The molecular formula is C16H24N2O. The van der Waals surface area contributed by atoms with Crippen LogP contribution in [0.5, 0.6) is 0 Å². The molecule has 1 heterocycles. The standard InChI is InChI=1S/C16H24N2O/c1-13(2)16(14-8-4-3-5-9-14)17-12-15(19)18-10-6-7-11-18/h3-5,8-9,13,16-17H,6-7,10-12H2,1-2H3. The number of benzene rings is 1. The van der Waals surface area contributed by atoms with E-state index in [2.05, 4.69) is 43.4 Å². The normalized spacial score (nSPS) is 16.9. The van der Waals surface area contributed by atoms with E-state index < -0.39 is 0 Å². The van der Waals surface area contributed by atoms with Crippen LogP contribution in [-0.4, -0.2) is 30.4 Å². The first-order valence-electron chi connectivity index (χ1n) is 7.24. The molecule has 2 rings (SSSR count). The average molecular weight is 260 g/mol. The molecule has 0 saturated carbocycles. The number of rotatable bonds is 5. The fraction of sp³-hybridized carbons (Fsp3) is 0.562. The Labute approximate surface area is 116 Å². The summed E-state index contributed by atoms with van der Waals surface area (Å²) < 4.78 is 0. The Morgan fingerprint density at radius 3 is 2.42 bits per heavy atom. The lowest BCUT2D eigenvalue weighted by molar-refractivity contribution is -0.129. The van der Waals surface area contributed by atoms with Crippen molar-refractivity contribution in [1.29, 1.82) is 0 Å². The van der Waals surface area contributed by atoms with E-state index >= 15 is 0 Å². The molecule has 0 aliphatic carbocycles. The van der Waals surface area contributed by atoms with Gasteiger partial charge in [0.2, 0.25) is 5.91 Å². The lowest BCUT2D eigenvalue weighted by Gasteiger charge is -2.24. The average Bonchev–Trinajstić information content (AvgIpc) is 2.93. The molecule has 19 heavy (non-hydrogen) atoms. The minimum atomic E-state index is 0.235. The van der Waals surface area contributed by atoms with Crippen LogP contribution in [0.15, 0.2) is 30.3 Å². The number of likely N-dealkylation sites (tertiary alicyclic amines) is 1. The second-order valence-electron chi connectivity index (χ2n) is 5.60. The molecule has 1 aliphatic rings. The number of carbonyl (C=O) groups excluding carboxylic acids is 1. The van der Waals surface area contributed by atoms with Gasteiger partial charge in [-0.05, 0) is 24.3 Å². The maximum absolute atomic E-state index is 12.1. The summed E-state index contributed by atoms with van der Waals surface area (Å²) in [4.78, 5) is 14.0. The third-order valence-electron chi connectivity index (χ3n) is 3.76. The van der Waals surface area contributed by atoms with Gasteiger partial charge in [0, 0.05) is 19.1 Å². The van der Waals surface area contributed by atoms with E-state index in [-0.39, 0.29) is 11.9 Å². The van der Waals surface area contributed by atoms with E-state index in [1.165, 1.54) is 5.56 Å². The fourth-order valence-corrected chi connectivity index (χ4v) is 2.67. The van der Waals surface area contributed by atoms with E-state index in [9.17, 15) is 4.79 Å². The Kier molecular flexibility index (Phi) is 4.97. The molecule has 104 valence electrons. The van der Waals surface area contributed by atoms with Crippen LogP contribution in [0.3, 0.4) is 0 Å². The number of amides is 1. The molecule has 1 amide bonds. The minimum Gasteiger partial charge on any atom is -0.342 e. The number of nitrogens with one attached hydrogen (secondary N) is 1. The van der Waals surface area contributed by atoms with Crippen molar-refractivity contribution < 1.29 is 4.79 Å². The van der Waals surface area contributed by atoms with Gasteiger partial charge in [0.15, 0.2) is 0 Å². The maximum atomic E-state index is 12.1. The molecule has 1 saturated heterocycles. The lowest BCUT2D eigenvalue weighted by Crippen LogP contribution is -2.38. The molecule has 1 fully saturated rings. The topological polar surface area (TPSA) is 32.3 Å². The third kappa shape index (κ3) is 3.80. The smallest absolute Gasteiger partial charge is 0.236 e. The quantitative estimate of drug-likeness (QED) is 0.882. The van der Waals surface area contributed by atoms with E-state index in [4.69, 9.17) is 0 Å². The van der Waals surface area contributed by atoms with Crippen LogP contribution in [0.1, 0.15) is 38.3 Å². The van der Waals surface area contributed by atoms with Crippen LogP contribution in [0.25, 0.3) is 0 Å². The molecule has 0 spiro atoms. The molecule has 1 N–H and O–H groups in total. The Morgan fingerprint density at radius 1 is 1.21 bits per heavy atom. The SMILES string of the molecule is CC(C)C(NCC(=O)N1CCCC1)c1ccccc1. The number of carbonyl (C=O) groups is 1. The molecule has 0 bridgehead atoms. The largest absolute Gasteiger partial charge is 0.342 e. The van der Waals surface area contributed by atoms with Crippen molar-refractivity contribution in [2.24, 2.45) is 5.92 Å². The zero-order chi connectivity index (χ0) is 13.7. The predicted octanol–water partition coefficient (Wildman–Crippen LogP) is 2.60. The highest BCUT2D eigenvalue weighted by molar-refractivity contribution is 5.78. The van der Waals surface area contributed by atoms with Gasteiger partial charge in [-0.25, -0.2) is 0 Å². The van der Waals surface area contributed by atoms with Gasteiger partial charge in [-0.3, -0.25) is 4.79 Å². The van der Waals surface area contributed by atoms with E-state index in [1.807, 2.05) is 11.0 Å². The molecular weight excluding hydrogens is 236 g/mol. The summed E-state index contributed by atoms with van der Waals surface area (Å²) in [7, 11) is 0. The number of hydrogen-bond acceptors (Lipinski definition) is 2. The van der Waals surface area contributed by atoms with Gasteiger partial charge in [-0.1, -0.05) is 44.2 Å². The third-order valence-corrected chi connectivity index (χ3v) is 3.76. The van der Waals surface area contributed by atoms with Crippen molar-refractivity contribution in [3.8, 4) is 0 Å². The highest BCUT2D eigenvalue weighted by Gasteiger charge is 2.20. The van der Waals surface area contributed by atoms with Crippen molar-refractivity contribution in [2.45, 2.75) is 32.7 Å². The Morgan fingerprint density at radius 2 is 1.84 bits per heavy atom. The second-order valence-corrected chi connectivity index (χ2v) is 5.60. The summed E-state index contributed by atoms with van der Waals surface area (Å²) in [5.41, 5.74) is 1.26. The van der Waals surface area contributed by atoms with Gasteiger partial charge in [-0.2, -0.15) is 0 Å². The highest BCUT2D eigenvalue weighted by Crippen LogP contribution is 2.21. The van der Waals surface area contributed by atoms with Crippen molar-refractivity contribution in [1.82, 2.24) is 10.2 Å². The monoisotopic (exact) mass is 260 g/mol. The van der Waals surface area contributed by atoms with Crippen molar-refractivity contribution >= 4 is 5.91 Å². The second kappa shape index (κ2) is 6.71. The van der Waals surface area contributed by atoms with Gasteiger partial charge in [0.25, 0.3) is 0 Å². The summed E-state index contributed by atoms with van der Waals surface area (Å²) in [5.74, 6) is 0.702. The van der Waals surface area contributed by atoms with Crippen LogP contribution in [0, 0.1) is 5.92 Å². The highest BCUT2D eigenvalue weighted by atomic mass is 16.2. The number of hydrogen-bond donors (Lipinski definition) is 1. The van der Waals surface area contributed by atoms with Gasteiger partial charge in [0.05, 0.1) is 6.54 Å². The van der Waals surface area contributed by atoms with E-state index in [0.29, 0.717) is 12.5 Å². The predicted molar refractivity (Wildman–Crippen MR) is 77.8 cm³/mol. The summed E-state index contributed by atoms with van der Waals surface area (Å²) in [6, 6.07) is 10.6. The van der Waals surface area contributed by atoms with Gasteiger partial charge >= 0.3 is 0 Å². The van der Waals surface area contributed by atoms with Crippen LogP contribution in [0.2, 0.25) is 0 Å². The summed E-state index contributed by atoms with van der Waals surface area (Å²) in [5, 5.41) is 3.42. The minimum absolute atomic E-state index is 0.235. The Balaban J connectivity index is 1.92. The van der Waals surface area contributed by atoms with Gasteiger partial charge in [-0.15, -0.1) is 0 Å². The van der Waals surface area contributed by atoms with Crippen LogP contribution < -0.4 is 5.32 Å². The summed E-state index contributed by atoms with van der Waals surface area (Å²) >= 11 is 0. The molecule has 1 aromatic carbocycles. The molecule has 3 nitrogen and oxygen atoms in total. The Bertz CT molecular complexity index is 396. The van der Waals surface area contributed by atoms with Gasteiger partial charge < -0.3 is 10.2 Å². The maximum Gasteiger partial charge on any atom is 0.236 e. The van der Waals surface area contributed by atoms with Gasteiger partial charge in [0.1, 0.15) is 0 Å². The molecule has 3 heteroatoms. The zero-order valence-corrected chi connectivity index (χ0v) is 11.9. The first kappa shape index (κ1) is 14.1. The molecule has 0 aromatic heterocycles. The molecule has 1 unspecified atom stereocenters. The van der Waals surface area contributed by atoms with E-state index in [0.717, 1.165) is 25.9 Å². The van der Waals surface area contributed by atoms with Crippen LogP contribution >= 0.6 is 0 Å². The molecule has 0 radical (unpaired) electrons. The first-order valence-corrected chi connectivity index (χ1v) is 7.24. The van der Waals surface area contributed by atoms with Crippen molar-refractivity contribution in [2.75, 3.05) is 19.6 Å². The van der Waals surface area contributed by atoms with E-state index in [1.54, 1.807) is 0 Å². The Hall–Kier alpha value is -1.35. The summed E-state index contributed by atoms with van der Waals surface area (Å²) in [6.45, 7) is 6.67. The molecule has 1 atom stereocenters. The number of nitrogens with zero attached hydrogens (tertiary/aromatic N) is 1. The van der Waals surface area contributed by atoms with Crippen LogP contribution in [0.4, 0.5) is 0 Å². The van der Waals surface area contributed by atoms with Crippen molar-refractivity contribution in [3.05, 3.63) is 35.9 Å². The molecule has 1 aliphatic heterocycles. The first-order chi connectivity index (χ1) is 9.18. The lowest BCUT2D eigenvalue weighted by atomic mass is 9.96. The zero-order valence-electron chi connectivity index (χ0n) is 11.9. The fourth-order valence-electron chi connectivity index (χ4n) is 2.67. The summed E-state index contributed by atoms with van der Waals surface area (Å²) in [6.07, 6.45) is 2.30. The van der Waals surface area contributed by atoms with Crippen LogP contribution in [-0.2, 0) is 4.79 Å². The molecule has 1 aromatic rings.